The van der Waals surface area contributed by atoms with Gasteiger partial charge in [-0.25, -0.2) is 14.4 Å². The first-order valence-electron chi connectivity index (χ1n) is 10.9. The van der Waals surface area contributed by atoms with Gasteiger partial charge in [0, 0.05) is 0 Å². The van der Waals surface area contributed by atoms with Crippen LogP contribution in [0.25, 0.3) is 6.08 Å². The highest BCUT2D eigenvalue weighted by Crippen LogP contribution is 2.30. The molecule has 184 valence electrons. The molecule has 0 saturated carbocycles. The van der Waals surface area contributed by atoms with E-state index in [-0.39, 0.29) is 29.5 Å². The maximum atomic E-state index is 12.8. The van der Waals surface area contributed by atoms with E-state index in [4.69, 9.17) is 13.9 Å². The van der Waals surface area contributed by atoms with Crippen LogP contribution in [0.15, 0.2) is 70.8 Å². The molecule has 1 fully saturated rings. The number of hydrogen-bond donors (Lipinski definition) is 1. The van der Waals surface area contributed by atoms with Crippen molar-refractivity contribution in [2.45, 2.75) is 13.5 Å². The van der Waals surface area contributed by atoms with Crippen molar-refractivity contribution in [1.29, 1.82) is 0 Å². The highest BCUT2D eigenvalue weighted by atomic mass is 16.6. The summed E-state index contributed by atoms with van der Waals surface area (Å²) in [5, 5.41) is 2.52. The van der Waals surface area contributed by atoms with Crippen molar-refractivity contribution in [3.8, 4) is 11.5 Å². The molecular weight excluding hydrogens is 468 g/mol. The first kappa shape index (κ1) is 24.3. The largest absolute Gasteiger partial charge is 0.490 e. The lowest BCUT2D eigenvalue weighted by atomic mass is 10.1. The zero-order chi connectivity index (χ0) is 25.7. The fourth-order valence-electron chi connectivity index (χ4n) is 3.41. The highest BCUT2D eigenvalue weighted by molar-refractivity contribution is 6.13. The van der Waals surface area contributed by atoms with Crippen molar-refractivity contribution in [3.63, 3.8) is 0 Å². The molecular formula is C26H22N2O8. The van der Waals surface area contributed by atoms with Gasteiger partial charge >= 0.3 is 18.0 Å². The molecule has 1 N–H and O–H groups in total. The number of rotatable bonds is 8. The van der Waals surface area contributed by atoms with E-state index in [9.17, 15) is 19.2 Å². The van der Waals surface area contributed by atoms with Crippen LogP contribution < -0.4 is 14.8 Å². The number of ether oxygens (including phenoxy) is 3. The van der Waals surface area contributed by atoms with E-state index in [2.05, 4.69) is 10.1 Å². The highest BCUT2D eigenvalue weighted by Gasteiger charge is 2.34. The number of carbonyl (C=O) groups excluding carboxylic acids is 4. The SMILES string of the molecule is CCOc1cc(/C=C2\NC(=O)N(Cc3ccc(C(=O)OC)o3)C2=O)ccc1OC(=O)c1ccccc1. The number of esters is 2. The van der Waals surface area contributed by atoms with Crippen LogP contribution in [0.3, 0.4) is 0 Å². The van der Waals surface area contributed by atoms with Gasteiger partial charge in [0.15, 0.2) is 11.5 Å². The first-order valence-corrected chi connectivity index (χ1v) is 10.9. The average molecular weight is 490 g/mol. The van der Waals surface area contributed by atoms with Gasteiger partial charge in [0.25, 0.3) is 5.91 Å². The van der Waals surface area contributed by atoms with E-state index >= 15 is 0 Å². The molecule has 0 bridgehead atoms. The summed E-state index contributed by atoms with van der Waals surface area (Å²) >= 11 is 0. The zero-order valence-electron chi connectivity index (χ0n) is 19.5. The number of nitrogens with one attached hydrogen (secondary N) is 1. The Balaban J connectivity index is 1.51. The van der Waals surface area contributed by atoms with E-state index in [0.29, 0.717) is 23.5 Å². The summed E-state index contributed by atoms with van der Waals surface area (Å²) in [7, 11) is 1.22. The summed E-state index contributed by atoms with van der Waals surface area (Å²) in [6, 6.07) is 15.6. The zero-order valence-corrected chi connectivity index (χ0v) is 19.5. The molecule has 36 heavy (non-hydrogen) atoms. The van der Waals surface area contributed by atoms with Gasteiger partial charge < -0.3 is 23.9 Å². The van der Waals surface area contributed by atoms with E-state index in [1.54, 1.807) is 55.5 Å². The maximum Gasteiger partial charge on any atom is 0.373 e. The van der Waals surface area contributed by atoms with Gasteiger partial charge in [-0.15, -0.1) is 0 Å². The number of amides is 3. The fraction of sp³-hybridized carbons (Fsp3) is 0.154. The van der Waals surface area contributed by atoms with Crippen LogP contribution >= 0.6 is 0 Å². The first-order chi connectivity index (χ1) is 17.4. The number of imide groups is 1. The Labute approximate surface area is 206 Å². The summed E-state index contributed by atoms with van der Waals surface area (Å²) in [4.78, 5) is 50.2. The van der Waals surface area contributed by atoms with Crippen molar-refractivity contribution >= 4 is 30.0 Å². The van der Waals surface area contributed by atoms with Crippen LogP contribution in [-0.2, 0) is 16.1 Å². The molecule has 2 aromatic carbocycles. The van der Waals surface area contributed by atoms with Gasteiger partial charge in [0.2, 0.25) is 5.76 Å². The number of nitrogens with zero attached hydrogens (tertiary/aromatic N) is 1. The van der Waals surface area contributed by atoms with Crippen molar-refractivity contribution in [2.75, 3.05) is 13.7 Å². The van der Waals surface area contributed by atoms with Gasteiger partial charge in [0.1, 0.15) is 11.5 Å². The third-order valence-corrected chi connectivity index (χ3v) is 5.12. The van der Waals surface area contributed by atoms with Gasteiger partial charge in [-0.2, -0.15) is 0 Å². The van der Waals surface area contributed by atoms with E-state index < -0.39 is 23.9 Å². The maximum absolute atomic E-state index is 12.8. The molecule has 0 aliphatic carbocycles. The average Bonchev–Trinajstić information content (AvgIpc) is 3.46. The topological polar surface area (TPSA) is 124 Å². The van der Waals surface area contributed by atoms with Gasteiger partial charge in [-0.05, 0) is 55.0 Å². The lowest BCUT2D eigenvalue weighted by Crippen LogP contribution is -2.30. The van der Waals surface area contributed by atoms with Gasteiger partial charge in [-0.3, -0.25) is 9.69 Å². The summed E-state index contributed by atoms with van der Waals surface area (Å²) in [6.45, 7) is 1.93. The molecule has 3 aromatic rings. The monoisotopic (exact) mass is 490 g/mol. The number of benzene rings is 2. The molecule has 3 amide bonds. The van der Waals surface area contributed by atoms with Crippen molar-refractivity contribution in [3.05, 3.63) is 89.0 Å². The summed E-state index contributed by atoms with van der Waals surface area (Å²) < 4.78 is 21.0. The molecule has 4 rings (SSSR count). The van der Waals surface area contributed by atoms with E-state index in [1.807, 2.05) is 0 Å². The molecule has 1 saturated heterocycles. The van der Waals surface area contributed by atoms with Gasteiger partial charge in [-0.1, -0.05) is 24.3 Å². The second-order valence-electron chi connectivity index (χ2n) is 7.53. The van der Waals surface area contributed by atoms with Crippen molar-refractivity contribution in [2.24, 2.45) is 0 Å². The molecule has 10 nitrogen and oxygen atoms in total. The Morgan fingerprint density at radius 2 is 1.78 bits per heavy atom. The summed E-state index contributed by atoms with van der Waals surface area (Å²) in [6.07, 6.45) is 1.48. The van der Waals surface area contributed by atoms with Crippen LogP contribution in [0, 0.1) is 0 Å². The second kappa shape index (κ2) is 10.6. The number of urea groups is 1. The Kier molecular flexibility index (Phi) is 7.15. The fourth-order valence-corrected chi connectivity index (χ4v) is 3.41. The minimum Gasteiger partial charge on any atom is -0.490 e. The van der Waals surface area contributed by atoms with E-state index in [1.165, 1.54) is 25.3 Å². The number of furan rings is 1. The molecule has 0 unspecified atom stereocenters. The molecule has 0 radical (unpaired) electrons. The lowest BCUT2D eigenvalue weighted by Gasteiger charge is -2.12. The second-order valence-corrected chi connectivity index (χ2v) is 7.53. The summed E-state index contributed by atoms with van der Waals surface area (Å²) in [5.74, 6) is -1.05. The number of hydrogen-bond acceptors (Lipinski definition) is 8. The molecule has 1 aromatic heterocycles. The van der Waals surface area contributed by atoms with Crippen LogP contribution in [-0.4, -0.2) is 42.5 Å². The lowest BCUT2D eigenvalue weighted by molar-refractivity contribution is -0.123. The molecule has 1 aliphatic heterocycles. The van der Waals surface area contributed by atoms with Crippen LogP contribution in [0.4, 0.5) is 4.79 Å². The third kappa shape index (κ3) is 5.27. The Bertz CT molecular complexity index is 1340. The third-order valence-electron chi connectivity index (χ3n) is 5.12. The Morgan fingerprint density at radius 3 is 2.50 bits per heavy atom. The van der Waals surface area contributed by atoms with Crippen LogP contribution in [0.2, 0.25) is 0 Å². The number of carbonyl (C=O) groups is 4. The molecule has 0 atom stereocenters. The minimum atomic E-state index is -0.665. The smallest absolute Gasteiger partial charge is 0.373 e. The Morgan fingerprint density at radius 1 is 1.00 bits per heavy atom. The quantitative estimate of drug-likeness (QED) is 0.219. The van der Waals surface area contributed by atoms with Crippen LogP contribution in [0.5, 0.6) is 11.5 Å². The van der Waals surface area contributed by atoms with Crippen molar-refractivity contribution < 1.29 is 37.8 Å². The minimum absolute atomic E-state index is 0.0353. The predicted molar refractivity (Wildman–Crippen MR) is 126 cm³/mol. The molecule has 10 heteroatoms. The summed E-state index contributed by atoms with van der Waals surface area (Å²) in [5.41, 5.74) is 0.964. The molecule has 0 spiro atoms. The Hall–Kier alpha value is -4.86. The normalized spacial score (nSPS) is 14.1. The number of methoxy groups -OCH3 is 1. The van der Waals surface area contributed by atoms with Crippen molar-refractivity contribution in [1.82, 2.24) is 10.2 Å². The van der Waals surface area contributed by atoms with E-state index in [0.717, 1.165) is 4.90 Å². The van der Waals surface area contributed by atoms with Crippen LogP contribution in [0.1, 0.15) is 39.2 Å². The standard InChI is InChI=1S/C26H22N2O8/c1-3-34-22-14-16(9-11-20(22)36-24(30)17-7-5-4-6-8-17)13-19-23(29)28(26(32)27-19)15-18-10-12-21(35-18)25(31)33-2/h4-14H,3,15H2,1-2H3,(H,27,32)/b19-13-. The predicted octanol–water partition coefficient (Wildman–Crippen LogP) is 3.78. The van der Waals surface area contributed by atoms with Gasteiger partial charge in [0.05, 0.1) is 25.8 Å². The molecule has 2 heterocycles. The molecule has 1 aliphatic rings.